The number of rotatable bonds is 2. The number of urea groups is 1. The summed E-state index contributed by atoms with van der Waals surface area (Å²) >= 11 is 0. The van der Waals surface area contributed by atoms with Gasteiger partial charge in [0.05, 0.1) is 18.1 Å². The number of aromatic nitrogens is 4. The summed E-state index contributed by atoms with van der Waals surface area (Å²) in [4.78, 5) is 24.6. The minimum absolute atomic E-state index is 0.0937. The van der Waals surface area contributed by atoms with E-state index in [0.717, 1.165) is 32.6 Å². The molecule has 0 spiro atoms. The molecule has 116 valence electrons. The van der Waals surface area contributed by atoms with Crippen LogP contribution in [0.25, 0.3) is 5.95 Å². The van der Waals surface area contributed by atoms with Gasteiger partial charge in [-0.2, -0.15) is 5.10 Å². The quantitative estimate of drug-likeness (QED) is 0.889. The lowest BCUT2D eigenvalue weighted by molar-refractivity contribution is 0.213. The summed E-state index contributed by atoms with van der Waals surface area (Å²) in [6.07, 6.45) is 7.59. The monoisotopic (exact) mass is 301 g/mol. The molecule has 0 saturated carbocycles. The summed E-state index contributed by atoms with van der Waals surface area (Å²) in [6.45, 7) is 3.42. The molecule has 3 rings (SSSR count). The fraction of sp³-hybridized carbons (Fsp3) is 0.429. The van der Waals surface area contributed by atoms with Crippen LogP contribution in [-0.2, 0) is 0 Å². The fourth-order valence-electron chi connectivity index (χ4n) is 2.36. The molecule has 1 saturated heterocycles. The normalized spacial score (nSPS) is 16.3. The van der Waals surface area contributed by atoms with Crippen molar-refractivity contribution in [1.82, 2.24) is 29.5 Å². The van der Waals surface area contributed by atoms with Crippen molar-refractivity contribution >= 4 is 11.7 Å². The Morgan fingerprint density at radius 3 is 2.82 bits per heavy atom. The Bertz CT molecular complexity index is 627. The largest absolute Gasteiger partial charge is 0.323 e. The van der Waals surface area contributed by atoms with Gasteiger partial charge in [-0.05, 0) is 26.1 Å². The van der Waals surface area contributed by atoms with Crippen LogP contribution in [0.15, 0.2) is 30.9 Å². The third-order valence-electron chi connectivity index (χ3n) is 3.60. The number of carbonyl (C=O) groups is 1. The summed E-state index contributed by atoms with van der Waals surface area (Å²) in [7, 11) is 2.07. The third kappa shape index (κ3) is 3.40. The maximum atomic E-state index is 12.3. The number of carbonyl (C=O) groups excluding carboxylic acids is 1. The second-order valence-electron chi connectivity index (χ2n) is 5.30. The Labute approximate surface area is 128 Å². The van der Waals surface area contributed by atoms with Crippen molar-refractivity contribution in [2.75, 3.05) is 38.5 Å². The van der Waals surface area contributed by atoms with Crippen LogP contribution in [0.1, 0.15) is 6.42 Å². The van der Waals surface area contributed by atoms with Crippen LogP contribution in [0.4, 0.5) is 10.5 Å². The first kappa shape index (κ1) is 14.5. The first-order chi connectivity index (χ1) is 10.7. The topological polar surface area (TPSA) is 79.2 Å². The van der Waals surface area contributed by atoms with E-state index < -0.39 is 0 Å². The number of hydrogen-bond acceptors (Lipinski definition) is 5. The molecule has 1 fully saturated rings. The molecule has 1 aliphatic heterocycles. The highest BCUT2D eigenvalue weighted by molar-refractivity contribution is 5.89. The number of nitrogens with zero attached hydrogens (tertiary/aromatic N) is 6. The first-order valence-electron chi connectivity index (χ1n) is 7.29. The zero-order valence-corrected chi connectivity index (χ0v) is 12.5. The van der Waals surface area contributed by atoms with Crippen LogP contribution in [-0.4, -0.2) is 68.8 Å². The number of nitrogens with one attached hydrogen (secondary N) is 1. The van der Waals surface area contributed by atoms with E-state index in [9.17, 15) is 4.79 Å². The molecule has 2 aromatic heterocycles. The molecule has 0 radical (unpaired) electrons. The predicted octanol–water partition coefficient (Wildman–Crippen LogP) is 0.832. The Balaban J connectivity index is 1.63. The molecule has 0 bridgehead atoms. The molecule has 3 heterocycles. The standard InChI is InChI=1S/C14H19N7O/c1-19-6-3-7-20(9-8-19)14(22)18-12-10-17-21(11-12)13-15-4-2-5-16-13/h2,4-5,10-11H,3,6-9H2,1H3,(H,18,22). The summed E-state index contributed by atoms with van der Waals surface area (Å²) in [5, 5.41) is 7.04. The van der Waals surface area contributed by atoms with Crippen LogP contribution < -0.4 is 5.32 Å². The van der Waals surface area contributed by atoms with Crippen molar-refractivity contribution in [2.24, 2.45) is 0 Å². The van der Waals surface area contributed by atoms with Gasteiger partial charge in [0.25, 0.3) is 0 Å². The number of hydrogen-bond donors (Lipinski definition) is 1. The van der Waals surface area contributed by atoms with Crippen LogP contribution in [0.3, 0.4) is 0 Å². The number of amides is 2. The lowest BCUT2D eigenvalue weighted by Gasteiger charge is -2.20. The summed E-state index contributed by atoms with van der Waals surface area (Å²) < 4.78 is 1.53. The molecule has 0 aromatic carbocycles. The lowest BCUT2D eigenvalue weighted by atomic mass is 10.4. The van der Waals surface area contributed by atoms with Gasteiger partial charge in [0.1, 0.15) is 0 Å². The van der Waals surface area contributed by atoms with E-state index >= 15 is 0 Å². The molecule has 0 aliphatic carbocycles. The fourth-order valence-corrected chi connectivity index (χ4v) is 2.36. The van der Waals surface area contributed by atoms with Crippen LogP contribution in [0.5, 0.6) is 0 Å². The molecular formula is C14H19N7O. The summed E-state index contributed by atoms with van der Waals surface area (Å²) in [5.74, 6) is 0.472. The zero-order valence-electron chi connectivity index (χ0n) is 12.5. The molecule has 0 unspecified atom stereocenters. The molecule has 8 heteroatoms. The van der Waals surface area contributed by atoms with E-state index in [1.165, 1.54) is 4.68 Å². The van der Waals surface area contributed by atoms with E-state index in [1.54, 1.807) is 30.9 Å². The van der Waals surface area contributed by atoms with Gasteiger partial charge in [0, 0.05) is 32.0 Å². The lowest BCUT2D eigenvalue weighted by Crippen LogP contribution is -2.37. The molecule has 2 aromatic rings. The van der Waals surface area contributed by atoms with Gasteiger partial charge in [-0.25, -0.2) is 19.4 Å². The van der Waals surface area contributed by atoms with Crippen LogP contribution in [0, 0.1) is 0 Å². The van der Waals surface area contributed by atoms with E-state index in [2.05, 4.69) is 32.3 Å². The highest BCUT2D eigenvalue weighted by Crippen LogP contribution is 2.10. The van der Waals surface area contributed by atoms with Gasteiger partial charge in [0.15, 0.2) is 0 Å². The minimum atomic E-state index is -0.0937. The van der Waals surface area contributed by atoms with Crippen molar-refractivity contribution in [3.8, 4) is 5.95 Å². The van der Waals surface area contributed by atoms with Gasteiger partial charge in [0.2, 0.25) is 5.95 Å². The SMILES string of the molecule is CN1CCCN(C(=O)Nc2cnn(-c3ncccn3)c2)CC1. The van der Waals surface area contributed by atoms with E-state index in [0.29, 0.717) is 11.6 Å². The zero-order chi connectivity index (χ0) is 15.4. The Hall–Kier alpha value is -2.48. The number of likely N-dealkylation sites (N-methyl/N-ethyl adjacent to an activating group) is 1. The van der Waals surface area contributed by atoms with Gasteiger partial charge in [-0.3, -0.25) is 0 Å². The van der Waals surface area contributed by atoms with Crippen molar-refractivity contribution < 1.29 is 4.79 Å². The van der Waals surface area contributed by atoms with E-state index in [4.69, 9.17) is 0 Å². The molecule has 0 atom stereocenters. The highest BCUT2D eigenvalue weighted by Gasteiger charge is 2.18. The van der Waals surface area contributed by atoms with Crippen molar-refractivity contribution in [1.29, 1.82) is 0 Å². The van der Waals surface area contributed by atoms with Crippen LogP contribution >= 0.6 is 0 Å². The minimum Gasteiger partial charge on any atom is -0.323 e. The molecule has 22 heavy (non-hydrogen) atoms. The molecule has 2 amide bonds. The Morgan fingerprint density at radius 1 is 1.18 bits per heavy atom. The van der Waals surface area contributed by atoms with Gasteiger partial charge in [-0.15, -0.1) is 0 Å². The molecule has 8 nitrogen and oxygen atoms in total. The summed E-state index contributed by atoms with van der Waals surface area (Å²) in [5.41, 5.74) is 0.634. The van der Waals surface area contributed by atoms with Crippen molar-refractivity contribution in [2.45, 2.75) is 6.42 Å². The van der Waals surface area contributed by atoms with Gasteiger partial charge >= 0.3 is 6.03 Å². The summed E-state index contributed by atoms with van der Waals surface area (Å²) in [6, 6.07) is 1.65. The van der Waals surface area contributed by atoms with E-state index in [-0.39, 0.29) is 6.03 Å². The van der Waals surface area contributed by atoms with Gasteiger partial charge < -0.3 is 15.1 Å². The van der Waals surface area contributed by atoms with Gasteiger partial charge in [-0.1, -0.05) is 0 Å². The number of anilines is 1. The second kappa shape index (κ2) is 6.52. The Morgan fingerprint density at radius 2 is 2.00 bits per heavy atom. The van der Waals surface area contributed by atoms with Crippen molar-refractivity contribution in [3.05, 3.63) is 30.9 Å². The molecule has 1 aliphatic rings. The van der Waals surface area contributed by atoms with E-state index in [1.807, 2.05) is 4.90 Å². The van der Waals surface area contributed by atoms with Crippen molar-refractivity contribution in [3.63, 3.8) is 0 Å². The average Bonchev–Trinajstić information content (AvgIpc) is 2.88. The maximum Gasteiger partial charge on any atom is 0.321 e. The highest BCUT2D eigenvalue weighted by atomic mass is 16.2. The first-order valence-corrected chi connectivity index (χ1v) is 7.29. The predicted molar refractivity (Wildman–Crippen MR) is 81.9 cm³/mol. The second-order valence-corrected chi connectivity index (χ2v) is 5.30. The molecule has 1 N–H and O–H groups in total. The maximum absolute atomic E-state index is 12.3. The smallest absolute Gasteiger partial charge is 0.321 e. The third-order valence-corrected chi connectivity index (χ3v) is 3.60. The Kier molecular flexibility index (Phi) is 4.29. The average molecular weight is 301 g/mol. The molecular weight excluding hydrogens is 282 g/mol. The van der Waals surface area contributed by atoms with Crippen LogP contribution in [0.2, 0.25) is 0 Å².